The van der Waals surface area contributed by atoms with Gasteiger partial charge in [0.05, 0.1) is 39.6 Å². The first-order valence-electron chi connectivity index (χ1n) is 20.9. The Balaban J connectivity index is 2.19. The van der Waals surface area contributed by atoms with E-state index in [0.717, 1.165) is 44.1 Å². The van der Waals surface area contributed by atoms with Gasteiger partial charge in [-0.3, -0.25) is 19.2 Å². The maximum Gasteiger partial charge on any atom is 0.305 e. The van der Waals surface area contributed by atoms with Gasteiger partial charge in [-0.25, -0.2) is 0 Å². The zero-order valence-electron chi connectivity index (χ0n) is 34.3. The molecule has 0 aromatic heterocycles. The molecule has 54 heavy (non-hydrogen) atoms. The van der Waals surface area contributed by atoms with Gasteiger partial charge in [0.2, 0.25) is 0 Å². The molecular weight excluding hydrogens is 690 g/mol. The number of ether oxygens (including phenoxy) is 6. The van der Waals surface area contributed by atoms with E-state index in [2.05, 4.69) is 18.7 Å². The van der Waals surface area contributed by atoms with Crippen LogP contribution in [0, 0.1) is 0 Å². The van der Waals surface area contributed by atoms with Crippen LogP contribution in [0.5, 0.6) is 11.5 Å². The third-order valence-electron chi connectivity index (χ3n) is 8.63. The van der Waals surface area contributed by atoms with Crippen molar-refractivity contribution in [3.05, 3.63) is 23.8 Å². The highest BCUT2D eigenvalue weighted by atomic mass is 16.5. The number of unbranched alkanes of at least 4 members (excludes halogenated alkanes) is 12. The molecule has 1 aromatic carbocycles. The normalized spacial score (nSPS) is 11.0. The number of carbonyl (C=O) groups is 4. The van der Waals surface area contributed by atoms with Crippen molar-refractivity contribution in [1.82, 2.24) is 4.90 Å². The van der Waals surface area contributed by atoms with Crippen molar-refractivity contribution in [2.24, 2.45) is 0 Å². The highest BCUT2D eigenvalue weighted by Gasteiger charge is 2.09. The zero-order valence-corrected chi connectivity index (χ0v) is 34.3. The highest BCUT2D eigenvalue weighted by molar-refractivity contribution is 5.71. The van der Waals surface area contributed by atoms with Gasteiger partial charge in [-0.15, -0.1) is 0 Å². The second-order valence-corrected chi connectivity index (χ2v) is 14.3. The summed E-state index contributed by atoms with van der Waals surface area (Å²) in [5.74, 6) is 0.281. The first kappa shape index (κ1) is 48.7. The van der Waals surface area contributed by atoms with Crippen molar-refractivity contribution in [2.75, 3.05) is 53.7 Å². The number of rotatable bonds is 36. The Kier molecular flexibility index (Phi) is 30.8. The summed E-state index contributed by atoms with van der Waals surface area (Å²) in [5, 5.41) is 0. The van der Waals surface area contributed by atoms with Gasteiger partial charge in [0, 0.05) is 51.1 Å². The van der Waals surface area contributed by atoms with Crippen molar-refractivity contribution in [3.63, 3.8) is 0 Å². The maximum atomic E-state index is 12.1. The van der Waals surface area contributed by atoms with Gasteiger partial charge in [-0.1, -0.05) is 90.9 Å². The van der Waals surface area contributed by atoms with Crippen LogP contribution in [0.2, 0.25) is 0 Å². The van der Waals surface area contributed by atoms with Crippen LogP contribution in [0.15, 0.2) is 18.2 Å². The lowest BCUT2D eigenvalue weighted by atomic mass is 10.1. The number of nitrogens with zero attached hydrogens (tertiary/aromatic N) is 1. The zero-order chi connectivity index (χ0) is 39.5. The Labute approximate surface area is 326 Å². The summed E-state index contributed by atoms with van der Waals surface area (Å²) in [6.07, 6.45) is 19.3. The van der Waals surface area contributed by atoms with Gasteiger partial charge in [0.25, 0.3) is 0 Å². The van der Waals surface area contributed by atoms with Crippen molar-refractivity contribution in [2.45, 2.75) is 162 Å². The SMILES string of the molecule is CCCCCCCCCC(=O)OCCCC(=O)OCCCOc1cc(CN(C)C)cc(OCCCOC(=O)CCCOC(=O)CCCCCCCCC)c1. The summed E-state index contributed by atoms with van der Waals surface area (Å²) in [7, 11) is 3.97. The first-order valence-corrected chi connectivity index (χ1v) is 20.9. The summed E-state index contributed by atoms with van der Waals surface area (Å²) in [6.45, 7) is 6.76. The molecule has 11 heteroatoms. The van der Waals surface area contributed by atoms with Gasteiger partial charge in [0.15, 0.2) is 0 Å². The molecule has 0 fully saturated rings. The van der Waals surface area contributed by atoms with E-state index in [0.29, 0.717) is 69.8 Å². The fourth-order valence-electron chi connectivity index (χ4n) is 5.67. The van der Waals surface area contributed by atoms with Crippen LogP contribution < -0.4 is 9.47 Å². The standard InChI is InChI=1S/C43H73NO10/c1-5-7-9-11-13-15-17-23-40(45)51-27-19-25-42(47)53-31-21-29-49-38-33-37(36-44(3)4)34-39(35-38)50-30-22-32-54-43(48)26-20-28-52-41(46)24-18-16-14-12-10-8-6-2/h33-35H,5-32,36H2,1-4H3. The third kappa shape index (κ3) is 30.0. The largest absolute Gasteiger partial charge is 0.493 e. The van der Waals surface area contributed by atoms with Gasteiger partial charge in [-0.2, -0.15) is 0 Å². The molecule has 0 aliphatic heterocycles. The molecule has 0 unspecified atom stereocenters. The molecule has 0 radical (unpaired) electrons. The number of esters is 4. The number of carbonyl (C=O) groups excluding carboxylic acids is 4. The fraction of sp³-hybridized carbons (Fsp3) is 0.767. The Morgan fingerprint density at radius 3 is 1.13 bits per heavy atom. The van der Waals surface area contributed by atoms with Crippen LogP contribution >= 0.6 is 0 Å². The summed E-state index contributed by atoms with van der Waals surface area (Å²) >= 11 is 0. The van der Waals surface area contributed by atoms with Crippen LogP contribution in [-0.2, 0) is 44.7 Å². The molecule has 0 saturated carbocycles. The van der Waals surface area contributed by atoms with E-state index in [1.165, 1.54) is 51.4 Å². The summed E-state index contributed by atoms with van der Waals surface area (Å²) in [6, 6.07) is 5.74. The van der Waals surface area contributed by atoms with E-state index in [-0.39, 0.29) is 63.1 Å². The maximum absolute atomic E-state index is 12.1. The quantitative estimate of drug-likeness (QED) is 0.0369. The molecule has 0 N–H and O–H groups in total. The topological polar surface area (TPSA) is 127 Å². The van der Waals surface area contributed by atoms with Gasteiger partial charge < -0.3 is 33.3 Å². The summed E-state index contributed by atoms with van der Waals surface area (Å²) < 4.78 is 33.0. The van der Waals surface area contributed by atoms with E-state index in [1.54, 1.807) is 0 Å². The molecule has 11 nitrogen and oxygen atoms in total. The molecule has 1 rings (SSSR count). The van der Waals surface area contributed by atoms with Crippen molar-refractivity contribution in [1.29, 1.82) is 0 Å². The minimum atomic E-state index is -0.317. The summed E-state index contributed by atoms with van der Waals surface area (Å²) in [5.41, 5.74) is 1.02. The second-order valence-electron chi connectivity index (χ2n) is 14.3. The van der Waals surface area contributed by atoms with Crippen LogP contribution in [-0.4, -0.2) is 82.5 Å². The molecule has 0 bridgehead atoms. The summed E-state index contributed by atoms with van der Waals surface area (Å²) in [4.78, 5) is 50.0. The molecule has 0 heterocycles. The van der Waals surface area contributed by atoms with E-state index in [1.807, 2.05) is 32.3 Å². The Hall–Kier alpha value is -3.34. The third-order valence-corrected chi connectivity index (χ3v) is 8.63. The van der Waals surface area contributed by atoms with E-state index >= 15 is 0 Å². The fourth-order valence-corrected chi connectivity index (χ4v) is 5.67. The minimum Gasteiger partial charge on any atom is -0.493 e. The minimum absolute atomic E-state index is 0.198. The number of benzene rings is 1. The van der Waals surface area contributed by atoms with Crippen LogP contribution in [0.1, 0.15) is 161 Å². The van der Waals surface area contributed by atoms with Crippen molar-refractivity contribution in [3.8, 4) is 11.5 Å². The van der Waals surface area contributed by atoms with Crippen LogP contribution in [0.25, 0.3) is 0 Å². The van der Waals surface area contributed by atoms with E-state index < -0.39 is 0 Å². The molecule has 0 atom stereocenters. The van der Waals surface area contributed by atoms with Crippen LogP contribution in [0.4, 0.5) is 0 Å². The molecule has 0 spiro atoms. The van der Waals surface area contributed by atoms with E-state index in [9.17, 15) is 19.2 Å². The van der Waals surface area contributed by atoms with Gasteiger partial charge in [-0.05, 0) is 57.5 Å². The molecule has 0 aliphatic carbocycles. The van der Waals surface area contributed by atoms with Crippen molar-refractivity contribution < 1.29 is 47.6 Å². The van der Waals surface area contributed by atoms with Crippen LogP contribution in [0.3, 0.4) is 0 Å². The van der Waals surface area contributed by atoms with Gasteiger partial charge in [0.1, 0.15) is 11.5 Å². The first-order chi connectivity index (χ1) is 26.2. The molecular formula is C43H73NO10. The van der Waals surface area contributed by atoms with Gasteiger partial charge >= 0.3 is 23.9 Å². The van der Waals surface area contributed by atoms with E-state index in [4.69, 9.17) is 28.4 Å². The predicted molar refractivity (Wildman–Crippen MR) is 212 cm³/mol. The Morgan fingerprint density at radius 1 is 0.426 bits per heavy atom. The lowest BCUT2D eigenvalue weighted by molar-refractivity contribution is -0.147. The highest BCUT2D eigenvalue weighted by Crippen LogP contribution is 2.24. The number of hydrogen-bond acceptors (Lipinski definition) is 11. The molecule has 0 saturated heterocycles. The second kappa shape index (κ2) is 34.2. The molecule has 1 aromatic rings. The lowest BCUT2D eigenvalue weighted by Crippen LogP contribution is -2.12. The average Bonchev–Trinajstić information content (AvgIpc) is 3.13. The lowest BCUT2D eigenvalue weighted by Gasteiger charge is -2.15. The van der Waals surface area contributed by atoms with Crippen molar-refractivity contribution >= 4 is 23.9 Å². The molecule has 310 valence electrons. The Morgan fingerprint density at radius 2 is 0.759 bits per heavy atom. The predicted octanol–water partition coefficient (Wildman–Crippen LogP) is 9.30. The molecule has 0 aliphatic rings. The average molecular weight is 764 g/mol. The Bertz CT molecular complexity index is 1050. The molecule has 0 amide bonds. The monoisotopic (exact) mass is 764 g/mol. The smallest absolute Gasteiger partial charge is 0.305 e. The number of hydrogen-bond donors (Lipinski definition) is 0.